The van der Waals surface area contributed by atoms with Gasteiger partial charge in [-0.1, -0.05) is 12.1 Å². The minimum atomic E-state index is -3.31. The quantitative estimate of drug-likeness (QED) is 0.644. The van der Waals surface area contributed by atoms with E-state index in [9.17, 15) is 13.2 Å². The van der Waals surface area contributed by atoms with Crippen molar-refractivity contribution in [3.63, 3.8) is 0 Å². The summed E-state index contributed by atoms with van der Waals surface area (Å²) in [6.45, 7) is 4.49. The van der Waals surface area contributed by atoms with Crippen molar-refractivity contribution in [2.75, 3.05) is 32.1 Å². The van der Waals surface area contributed by atoms with Crippen LogP contribution in [0.4, 0.5) is 5.82 Å². The van der Waals surface area contributed by atoms with Crippen molar-refractivity contribution < 1.29 is 17.9 Å². The van der Waals surface area contributed by atoms with Crippen molar-refractivity contribution in [1.82, 2.24) is 15.1 Å². The topological polar surface area (TPSA) is 92.7 Å². The van der Waals surface area contributed by atoms with Gasteiger partial charge in [0.25, 0.3) is 0 Å². The number of sulfone groups is 1. The Labute approximate surface area is 184 Å². The smallest absolute Gasteiger partial charge is 0.233 e. The lowest BCUT2D eigenvalue weighted by Gasteiger charge is -2.32. The Bertz CT molecular complexity index is 989. The summed E-state index contributed by atoms with van der Waals surface area (Å²) in [6.07, 6.45) is 1.80. The van der Waals surface area contributed by atoms with E-state index in [0.717, 1.165) is 24.2 Å². The molecule has 1 atom stereocenters. The maximum Gasteiger partial charge on any atom is 0.233 e. The van der Waals surface area contributed by atoms with Gasteiger partial charge in [0.2, 0.25) is 11.8 Å². The summed E-state index contributed by atoms with van der Waals surface area (Å²) in [5.74, 6) is 1.20. The molecule has 0 aliphatic carbocycles. The fourth-order valence-electron chi connectivity index (χ4n) is 3.40. The number of anilines is 1. The van der Waals surface area contributed by atoms with Crippen molar-refractivity contribution in [3.05, 3.63) is 42.0 Å². The Balaban J connectivity index is 1.58. The number of aromatic nitrogens is 2. The lowest BCUT2D eigenvalue weighted by molar-refractivity contribution is -0.133. The predicted octanol–water partition coefficient (Wildman–Crippen LogP) is 2.34. The van der Waals surface area contributed by atoms with E-state index in [1.807, 2.05) is 25.1 Å². The molecular formula is C22H30N4O4S. The molecule has 0 radical (unpaired) electrons. The molecule has 1 saturated heterocycles. The van der Waals surface area contributed by atoms with Crippen molar-refractivity contribution in [2.45, 2.75) is 49.4 Å². The predicted molar refractivity (Wildman–Crippen MR) is 119 cm³/mol. The lowest BCUT2D eigenvalue weighted by atomic mass is 10.1. The molecule has 2 aromatic rings. The first kappa shape index (κ1) is 23.0. The van der Waals surface area contributed by atoms with Crippen LogP contribution in [-0.2, 0) is 21.1 Å². The second-order valence-corrected chi connectivity index (χ2v) is 10.8. The number of nitrogens with zero attached hydrogens (tertiary/aromatic N) is 4. The van der Waals surface area contributed by atoms with Crippen molar-refractivity contribution in [3.8, 4) is 5.88 Å². The fourth-order valence-corrected chi connectivity index (χ4v) is 4.46. The number of benzene rings is 1. The Kier molecular flexibility index (Phi) is 7.15. The Morgan fingerprint density at radius 3 is 2.45 bits per heavy atom. The molecule has 1 amide bonds. The Hall–Kier alpha value is -2.68. The maximum absolute atomic E-state index is 12.8. The zero-order chi connectivity index (χ0) is 22.6. The number of carbonyl (C=O) groups is 1. The SMILES string of the molecule is CC(C)S(=O)(=O)c1ccc(CC(=O)N2CCCC(Oc3ccc(N(C)C)nn3)C2)cc1. The molecule has 8 nitrogen and oxygen atoms in total. The number of likely N-dealkylation sites (tertiary alicyclic amines) is 1. The molecule has 1 aliphatic heterocycles. The highest BCUT2D eigenvalue weighted by molar-refractivity contribution is 7.92. The lowest BCUT2D eigenvalue weighted by Crippen LogP contribution is -2.45. The van der Waals surface area contributed by atoms with Crippen molar-refractivity contribution in [2.24, 2.45) is 0 Å². The van der Waals surface area contributed by atoms with Crippen LogP contribution in [0.5, 0.6) is 5.88 Å². The summed E-state index contributed by atoms with van der Waals surface area (Å²) in [5.41, 5.74) is 0.792. The van der Waals surface area contributed by atoms with Gasteiger partial charge in [-0.2, -0.15) is 0 Å². The Morgan fingerprint density at radius 2 is 1.87 bits per heavy atom. The summed E-state index contributed by atoms with van der Waals surface area (Å²) in [4.78, 5) is 16.7. The average Bonchev–Trinajstić information content (AvgIpc) is 2.74. The van der Waals surface area contributed by atoms with Gasteiger partial charge in [-0.3, -0.25) is 4.79 Å². The molecule has 0 bridgehead atoms. The highest BCUT2D eigenvalue weighted by Gasteiger charge is 2.26. The number of hydrogen-bond acceptors (Lipinski definition) is 7. The van der Waals surface area contributed by atoms with Crippen LogP contribution in [0, 0.1) is 0 Å². The average molecular weight is 447 g/mol. The zero-order valence-corrected chi connectivity index (χ0v) is 19.3. The molecule has 168 valence electrons. The molecule has 31 heavy (non-hydrogen) atoms. The van der Waals surface area contributed by atoms with Crippen molar-refractivity contribution >= 4 is 21.6 Å². The van der Waals surface area contributed by atoms with E-state index in [0.29, 0.717) is 19.0 Å². The second kappa shape index (κ2) is 9.64. The van der Waals surface area contributed by atoms with E-state index in [1.165, 1.54) is 0 Å². The van der Waals surface area contributed by atoms with E-state index < -0.39 is 15.1 Å². The first-order valence-corrected chi connectivity index (χ1v) is 12.0. The largest absolute Gasteiger partial charge is 0.471 e. The zero-order valence-electron chi connectivity index (χ0n) is 18.5. The first-order chi connectivity index (χ1) is 14.7. The molecule has 9 heteroatoms. The van der Waals surface area contributed by atoms with Crippen LogP contribution in [0.25, 0.3) is 0 Å². The number of rotatable bonds is 7. The summed E-state index contributed by atoms with van der Waals surface area (Å²) < 4.78 is 30.4. The van der Waals surface area contributed by atoms with Gasteiger partial charge in [0.15, 0.2) is 15.7 Å². The van der Waals surface area contributed by atoms with Crippen LogP contribution in [0.2, 0.25) is 0 Å². The maximum atomic E-state index is 12.8. The highest BCUT2D eigenvalue weighted by Crippen LogP contribution is 2.20. The number of hydrogen-bond donors (Lipinski definition) is 0. The molecule has 0 spiro atoms. The summed E-state index contributed by atoms with van der Waals surface area (Å²) in [7, 11) is 0.477. The molecule has 1 unspecified atom stereocenters. The molecule has 0 N–H and O–H groups in total. The molecule has 2 heterocycles. The molecule has 1 aliphatic rings. The van der Waals surface area contributed by atoms with E-state index >= 15 is 0 Å². The molecule has 1 aromatic heterocycles. The van der Waals surface area contributed by atoms with E-state index in [1.54, 1.807) is 49.1 Å². The summed E-state index contributed by atoms with van der Waals surface area (Å²) in [5, 5.41) is 7.74. The van der Waals surface area contributed by atoms with Crippen LogP contribution >= 0.6 is 0 Å². The van der Waals surface area contributed by atoms with Crippen molar-refractivity contribution in [1.29, 1.82) is 0 Å². The molecule has 0 saturated carbocycles. The number of piperidine rings is 1. The van der Waals surface area contributed by atoms with Gasteiger partial charge < -0.3 is 14.5 Å². The third kappa shape index (κ3) is 5.72. The van der Waals surface area contributed by atoms with Gasteiger partial charge in [0.05, 0.1) is 23.1 Å². The van der Waals surface area contributed by atoms with Gasteiger partial charge in [0.1, 0.15) is 6.10 Å². The Morgan fingerprint density at radius 1 is 1.16 bits per heavy atom. The number of carbonyl (C=O) groups excluding carboxylic acids is 1. The second-order valence-electron chi connectivity index (χ2n) is 8.26. The monoisotopic (exact) mass is 446 g/mol. The molecule has 1 aromatic carbocycles. The highest BCUT2D eigenvalue weighted by atomic mass is 32.2. The number of ether oxygens (including phenoxy) is 1. The summed E-state index contributed by atoms with van der Waals surface area (Å²) >= 11 is 0. The van der Waals surface area contributed by atoms with Gasteiger partial charge in [0, 0.05) is 26.7 Å². The van der Waals surface area contributed by atoms with E-state index in [-0.39, 0.29) is 23.3 Å². The fraction of sp³-hybridized carbons (Fsp3) is 0.500. The van der Waals surface area contributed by atoms with Crippen LogP contribution < -0.4 is 9.64 Å². The van der Waals surface area contributed by atoms with Crippen LogP contribution in [-0.4, -0.2) is 68.0 Å². The van der Waals surface area contributed by atoms with E-state index in [4.69, 9.17) is 4.74 Å². The van der Waals surface area contributed by atoms with Gasteiger partial charge in [-0.25, -0.2) is 8.42 Å². The minimum absolute atomic E-state index is 0.00167. The van der Waals surface area contributed by atoms with Crippen LogP contribution in [0.15, 0.2) is 41.3 Å². The van der Waals surface area contributed by atoms with Crippen LogP contribution in [0.1, 0.15) is 32.3 Å². The third-order valence-electron chi connectivity index (χ3n) is 5.33. The first-order valence-electron chi connectivity index (χ1n) is 10.4. The molecule has 3 rings (SSSR count). The van der Waals surface area contributed by atoms with Gasteiger partial charge in [-0.15, -0.1) is 10.2 Å². The standard InChI is InChI=1S/C22H30N4O4S/c1-16(2)31(28,29)19-9-7-17(8-10-19)14-22(27)26-13-5-6-18(15-26)30-21-12-11-20(23-24-21)25(3)4/h7-12,16,18H,5-6,13-15H2,1-4H3. The molecular weight excluding hydrogens is 416 g/mol. The van der Waals surface area contributed by atoms with Gasteiger partial charge >= 0.3 is 0 Å². The number of amides is 1. The third-order valence-corrected chi connectivity index (χ3v) is 7.50. The van der Waals surface area contributed by atoms with Crippen LogP contribution in [0.3, 0.4) is 0 Å². The van der Waals surface area contributed by atoms with Gasteiger partial charge in [-0.05, 0) is 50.5 Å². The minimum Gasteiger partial charge on any atom is -0.471 e. The summed E-state index contributed by atoms with van der Waals surface area (Å²) in [6, 6.07) is 10.2. The normalized spacial score (nSPS) is 16.9. The molecule has 1 fully saturated rings. The van der Waals surface area contributed by atoms with E-state index in [2.05, 4.69) is 10.2 Å².